The van der Waals surface area contributed by atoms with Crippen molar-refractivity contribution < 1.29 is 5.11 Å². The smallest absolute Gasteiger partial charge is 0.128 e. The molecule has 0 radical (unpaired) electrons. The number of aliphatic hydroxyl groups excluding tert-OH is 1. The number of imidazole rings is 1. The molecule has 0 aliphatic carbocycles. The van der Waals surface area contributed by atoms with Crippen molar-refractivity contribution in [2.75, 3.05) is 11.4 Å². The van der Waals surface area contributed by atoms with Crippen LogP contribution in [-0.4, -0.2) is 21.2 Å². The summed E-state index contributed by atoms with van der Waals surface area (Å²) in [5.74, 6) is 1.07. The highest BCUT2D eigenvalue weighted by atomic mass is 35.5. The molecule has 1 N–H and O–H groups in total. The van der Waals surface area contributed by atoms with Crippen LogP contribution in [0.5, 0.6) is 0 Å². The lowest BCUT2D eigenvalue weighted by Crippen LogP contribution is -2.33. The number of hydrogen-bond acceptors (Lipinski definition) is 3. The molecule has 2 aromatic rings. The van der Waals surface area contributed by atoms with Gasteiger partial charge in [-0.15, -0.1) is 0 Å². The van der Waals surface area contributed by atoms with E-state index in [9.17, 15) is 5.11 Å². The lowest BCUT2D eigenvalue weighted by atomic mass is 10.1. The Bertz CT molecular complexity index is 594. The number of halogens is 1. The van der Waals surface area contributed by atoms with Gasteiger partial charge in [-0.1, -0.05) is 17.7 Å². The largest absolute Gasteiger partial charge is 0.389 e. The Hall–Kier alpha value is -1.52. The molecule has 19 heavy (non-hydrogen) atoms. The molecule has 1 aliphatic heterocycles. The van der Waals surface area contributed by atoms with Crippen LogP contribution in [0.1, 0.15) is 24.4 Å². The maximum Gasteiger partial charge on any atom is 0.128 e. The summed E-state index contributed by atoms with van der Waals surface area (Å²) >= 11 is 6.22. The van der Waals surface area contributed by atoms with Gasteiger partial charge in [0, 0.05) is 36.2 Å². The van der Waals surface area contributed by atoms with Crippen LogP contribution in [0.15, 0.2) is 30.6 Å². The standard InChI is InChI=1S/C14H16ClN3O/c1-10(19)12-3-2-11(8-13(12)15)18-7-6-17-5-4-16-14(17)9-18/h2-5,8,10,19H,6-7,9H2,1H3. The first-order valence-corrected chi connectivity index (χ1v) is 6.75. The monoisotopic (exact) mass is 277 g/mol. The van der Waals surface area contributed by atoms with Crippen molar-refractivity contribution in [3.8, 4) is 0 Å². The van der Waals surface area contributed by atoms with E-state index in [0.717, 1.165) is 36.7 Å². The van der Waals surface area contributed by atoms with Gasteiger partial charge in [-0.3, -0.25) is 0 Å². The van der Waals surface area contributed by atoms with Crippen LogP contribution in [0.25, 0.3) is 0 Å². The van der Waals surface area contributed by atoms with Crippen molar-refractivity contribution in [1.29, 1.82) is 0 Å². The molecule has 3 rings (SSSR count). The fourth-order valence-electron chi connectivity index (χ4n) is 2.45. The maximum absolute atomic E-state index is 9.60. The summed E-state index contributed by atoms with van der Waals surface area (Å²) in [7, 11) is 0. The van der Waals surface area contributed by atoms with Crippen LogP contribution in [0.3, 0.4) is 0 Å². The Labute approximate surface area is 117 Å². The molecule has 100 valence electrons. The van der Waals surface area contributed by atoms with E-state index >= 15 is 0 Å². The SMILES string of the molecule is CC(O)c1ccc(N2CCn3ccnc3C2)cc1Cl. The van der Waals surface area contributed by atoms with Crippen LogP contribution < -0.4 is 4.90 Å². The molecule has 0 amide bonds. The van der Waals surface area contributed by atoms with E-state index in [1.807, 2.05) is 30.6 Å². The third-order valence-corrected chi connectivity index (χ3v) is 3.87. The fourth-order valence-corrected chi connectivity index (χ4v) is 2.78. The van der Waals surface area contributed by atoms with Gasteiger partial charge >= 0.3 is 0 Å². The molecule has 5 heteroatoms. The van der Waals surface area contributed by atoms with E-state index in [1.54, 1.807) is 6.92 Å². The summed E-state index contributed by atoms with van der Waals surface area (Å²) < 4.78 is 2.17. The quantitative estimate of drug-likeness (QED) is 0.917. The minimum atomic E-state index is -0.540. The summed E-state index contributed by atoms with van der Waals surface area (Å²) in [6, 6.07) is 5.82. The van der Waals surface area contributed by atoms with Crippen LogP contribution in [0.2, 0.25) is 5.02 Å². The first-order valence-electron chi connectivity index (χ1n) is 6.37. The Morgan fingerprint density at radius 2 is 2.21 bits per heavy atom. The highest BCUT2D eigenvalue weighted by Gasteiger charge is 2.18. The van der Waals surface area contributed by atoms with Crippen molar-refractivity contribution in [3.05, 3.63) is 47.0 Å². The van der Waals surface area contributed by atoms with Crippen molar-refractivity contribution >= 4 is 17.3 Å². The van der Waals surface area contributed by atoms with E-state index in [2.05, 4.69) is 14.5 Å². The lowest BCUT2D eigenvalue weighted by Gasteiger charge is -2.30. The molecule has 1 aromatic heterocycles. The van der Waals surface area contributed by atoms with Gasteiger partial charge in [-0.25, -0.2) is 4.98 Å². The second-order valence-corrected chi connectivity index (χ2v) is 5.25. The zero-order valence-electron chi connectivity index (χ0n) is 10.8. The predicted molar refractivity (Wildman–Crippen MR) is 75.4 cm³/mol. The van der Waals surface area contributed by atoms with E-state index < -0.39 is 6.10 Å². The number of fused-ring (bicyclic) bond motifs is 1. The van der Waals surface area contributed by atoms with Gasteiger partial charge in [0.25, 0.3) is 0 Å². The highest BCUT2D eigenvalue weighted by Crippen LogP contribution is 2.29. The number of rotatable bonds is 2. The molecule has 2 heterocycles. The van der Waals surface area contributed by atoms with Gasteiger partial charge in [-0.05, 0) is 24.6 Å². The number of anilines is 1. The first kappa shape index (κ1) is 12.5. The first-order chi connectivity index (χ1) is 9.15. The number of benzene rings is 1. The highest BCUT2D eigenvalue weighted by molar-refractivity contribution is 6.31. The molecular weight excluding hydrogens is 262 g/mol. The predicted octanol–water partition coefficient (Wildman–Crippen LogP) is 2.61. The summed E-state index contributed by atoms with van der Waals surface area (Å²) in [4.78, 5) is 6.60. The third kappa shape index (κ3) is 2.33. The lowest BCUT2D eigenvalue weighted by molar-refractivity contribution is 0.199. The average molecular weight is 278 g/mol. The molecular formula is C14H16ClN3O. The normalized spacial score (nSPS) is 16.3. The third-order valence-electron chi connectivity index (χ3n) is 3.54. The second-order valence-electron chi connectivity index (χ2n) is 4.84. The summed E-state index contributed by atoms with van der Waals surface area (Å²) in [5, 5.41) is 10.2. The summed E-state index contributed by atoms with van der Waals surface area (Å²) in [5.41, 5.74) is 1.84. The molecule has 1 unspecified atom stereocenters. The molecule has 1 aromatic carbocycles. The minimum Gasteiger partial charge on any atom is -0.389 e. The van der Waals surface area contributed by atoms with Crippen molar-refractivity contribution in [3.63, 3.8) is 0 Å². The van der Waals surface area contributed by atoms with Crippen LogP contribution in [0, 0.1) is 0 Å². The molecule has 0 saturated carbocycles. The average Bonchev–Trinajstić information content (AvgIpc) is 2.85. The minimum absolute atomic E-state index is 0.540. The van der Waals surface area contributed by atoms with Crippen LogP contribution in [-0.2, 0) is 13.1 Å². The van der Waals surface area contributed by atoms with Crippen LogP contribution >= 0.6 is 11.6 Å². The molecule has 0 saturated heterocycles. The van der Waals surface area contributed by atoms with Crippen molar-refractivity contribution in [2.24, 2.45) is 0 Å². The summed E-state index contributed by atoms with van der Waals surface area (Å²) in [6.07, 6.45) is 3.31. The Morgan fingerprint density at radius 3 is 2.95 bits per heavy atom. The molecule has 0 fully saturated rings. The van der Waals surface area contributed by atoms with Gasteiger partial charge in [0.1, 0.15) is 5.82 Å². The fraction of sp³-hybridized carbons (Fsp3) is 0.357. The Morgan fingerprint density at radius 1 is 1.37 bits per heavy atom. The zero-order chi connectivity index (χ0) is 13.4. The molecule has 1 atom stereocenters. The van der Waals surface area contributed by atoms with E-state index in [0.29, 0.717) is 5.02 Å². The van der Waals surface area contributed by atoms with Gasteiger partial charge in [0.15, 0.2) is 0 Å². The van der Waals surface area contributed by atoms with Gasteiger partial charge < -0.3 is 14.6 Å². The zero-order valence-corrected chi connectivity index (χ0v) is 11.5. The number of hydrogen-bond donors (Lipinski definition) is 1. The second kappa shape index (κ2) is 4.87. The summed E-state index contributed by atoms with van der Waals surface area (Å²) in [6.45, 7) is 4.38. The molecule has 4 nitrogen and oxygen atoms in total. The van der Waals surface area contributed by atoms with E-state index in [-0.39, 0.29) is 0 Å². The Kier molecular flexibility index (Phi) is 3.21. The van der Waals surface area contributed by atoms with E-state index in [4.69, 9.17) is 11.6 Å². The number of nitrogens with zero attached hydrogens (tertiary/aromatic N) is 3. The number of aliphatic hydroxyl groups is 1. The van der Waals surface area contributed by atoms with Gasteiger partial charge in [0.2, 0.25) is 0 Å². The van der Waals surface area contributed by atoms with E-state index in [1.165, 1.54) is 0 Å². The van der Waals surface area contributed by atoms with Gasteiger partial charge in [0.05, 0.1) is 12.6 Å². The molecule has 0 bridgehead atoms. The molecule has 0 spiro atoms. The van der Waals surface area contributed by atoms with Crippen molar-refractivity contribution in [2.45, 2.75) is 26.1 Å². The molecule has 1 aliphatic rings. The van der Waals surface area contributed by atoms with Crippen molar-refractivity contribution in [1.82, 2.24) is 9.55 Å². The van der Waals surface area contributed by atoms with Gasteiger partial charge in [-0.2, -0.15) is 0 Å². The van der Waals surface area contributed by atoms with Crippen LogP contribution in [0.4, 0.5) is 5.69 Å². The number of aromatic nitrogens is 2. The maximum atomic E-state index is 9.60. The topological polar surface area (TPSA) is 41.3 Å². The Balaban J connectivity index is 1.86.